The molecule has 108 valence electrons. The Hall–Kier alpha value is -1.04. The third kappa shape index (κ3) is 4.53. The molecule has 0 bridgehead atoms. The maximum atomic E-state index is 12.2. The number of carbonyl (C=O) groups excluding carboxylic acids is 1. The van der Waals surface area contributed by atoms with Crippen molar-refractivity contribution in [2.45, 2.75) is 72.3 Å². The summed E-state index contributed by atoms with van der Waals surface area (Å²) in [7, 11) is 0. The van der Waals surface area contributed by atoms with Crippen molar-refractivity contribution < 1.29 is 4.79 Å². The summed E-state index contributed by atoms with van der Waals surface area (Å²) >= 11 is 0. The Labute approximate surface area is 117 Å². The minimum Gasteiger partial charge on any atom is -0.338 e. The summed E-state index contributed by atoms with van der Waals surface area (Å²) in [6.07, 6.45) is 4.15. The van der Waals surface area contributed by atoms with E-state index < -0.39 is 5.54 Å². The fourth-order valence-electron chi connectivity index (χ4n) is 2.42. The fourth-order valence-corrected chi connectivity index (χ4v) is 2.42. The summed E-state index contributed by atoms with van der Waals surface area (Å²) in [6, 6.07) is 2.35. The zero-order valence-corrected chi connectivity index (χ0v) is 13.0. The molecule has 19 heavy (non-hydrogen) atoms. The maximum absolute atomic E-state index is 12.2. The molecular weight excluding hydrogens is 236 g/mol. The Morgan fingerprint density at radius 2 is 1.95 bits per heavy atom. The second-order valence-corrected chi connectivity index (χ2v) is 7.40. The topological polar surface area (TPSA) is 52.9 Å². The largest absolute Gasteiger partial charge is 0.338 e. The molecule has 1 unspecified atom stereocenters. The van der Waals surface area contributed by atoms with Crippen LogP contribution in [0, 0.1) is 28.6 Å². The van der Waals surface area contributed by atoms with Gasteiger partial charge in [0.15, 0.2) is 0 Å². The van der Waals surface area contributed by atoms with Gasteiger partial charge in [-0.3, -0.25) is 4.79 Å². The standard InChI is InChI=1S/C16H28N2O/c1-12-6-8-16(11-17,9-7-12)18-14(19)10-13(2)15(3,4)5/h12-13H,6-10H2,1-5H3,(H,18,19). The molecule has 1 rings (SSSR count). The first kappa shape index (κ1) is 16.0. The van der Waals surface area contributed by atoms with E-state index in [1.54, 1.807) is 0 Å². The highest BCUT2D eigenvalue weighted by Crippen LogP contribution is 2.32. The number of hydrogen-bond donors (Lipinski definition) is 1. The normalized spacial score (nSPS) is 29.4. The van der Waals surface area contributed by atoms with Crippen molar-refractivity contribution in [3.8, 4) is 6.07 Å². The molecule has 1 amide bonds. The van der Waals surface area contributed by atoms with Gasteiger partial charge in [0.25, 0.3) is 0 Å². The Bertz CT molecular complexity index is 354. The highest BCUT2D eigenvalue weighted by atomic mass is 16.1. The average Bonchev–Trinajstić information content (AvgIpc) is 2.31. The van der Waals surface area contributed by atoms with Crippen molar-refractivity contribution in [2.75, 3.05) is 0 Å². The Morgan fingerprint density at radius 1 is 1.42 bits per heavy atom. The van der Waals surface area contributed by atoms with E-state index in [2.05, 4.69) is 46.0 Å². The van der Waals surface area contributed by atoms with Crippen LogP contribution in [0.15, 0.2) is 0 Å². The molecule has 1 atom stereocenters. The summed E-state index contributed by atoms with van der Waals surface area (Å²) in [5, 5.41) is 12.4. The van der Waals surface area contributed by atoms with Crippen molar-refractivity contribution in [3.63, 3.8) is 0 Å². The van der Waals surface area contributed by atoms with Crippen LogP contribution in [0.5, 0.6) is 0 Å². The quantitative estimate of drug-likeness (QED) is 0.846. The molecule has 3 heteroatoms. The summed E-state index contributed by atoms with van der Waals surface area (Å²) in [4.78, 5) is 12.2. The molecule has 0 aromatic carbocycles. The summed E-state index contributed by atoms with van der Waals surface area (Å²) < 4.78 is 0. The lowest BCUT2D eigenvalue weighted by molar-refractivity contribution is -0.124. The van der Waals surface area contributed by atoms with Crippen LogP contribution >= 0.6 is 0 Å². The summed E-state index contributed by atoms with van der Waals surface area (Å²) in [5.74, 6) is 1.01. The Balaban J connectivity index is 2.58. The number of carbonyl (C=O) groups is 1. The first-order valence-corrected chi connectivity index (χ1v) is 7.41. The number of amides is 1. The van der Waals surface area contributed by atoms with Crippen LogP contribution in [0.1, 0.15) is 66.7 Å². The van der Waals surface area contributed by atoms with E-state index in [4.69, 9.17) is 0 Å². The molecule has 0 heterocycles. The van der Waals surface area contributed by atoms with Gasteiger partial charge >= 0.3 is 0 Å². The third-order valence-electron chi connectivity index (χ3n) is 4.69. The highest BCUT2D eigenvalue weighted by molar-refractivity contribution is 5.77. The molecular formula is C16H28N2O. The molecule has 1 fully saturated rings. The molecule has 0 spiro atoms. The smallest absolute Gasteiger partial charge is 0.221 e. The molecule has 3 nitrogen and oxygen atoms in total. The molecule has 1 aliphatic carbocycles. The molecule has 0 aromatic heterocycles. The van der Waals surface area contributed by atoms with E-state index in [0.717, 1.165) is 25.7 Å². The van der Waals surface area contributed by atoms with Crippen molar-refractivity contribution in [3.05, 3.63) is 0 Å². The van der Waals surface area contributed by atoms with Gasteiger partial charge in [0, 0.05) is 6.42 Å². The molecule has 1 aliphatic rings. The van der Waals surface area contributed by atoms with Crippen molar-refractivity contribution in [2.24, 2.45) is 17.3 Å². The van der Waals surface area contributed by atoms with Crippen molar-refractivity contribution in [1.82, 2.24) is 5.32 Å². The summed E-state index contributed by atoms with van der Waals surface area (Å²) in [6.45, 7) is 10.8. The SMILES string of the molecule is CC1CCC(C#N)(NC(=O)CC(C)C(C)(C)C)CC1. The van der Waals surface area contributed by atoms with Crippen LogP contribution in [0.25, 0.3) is 0 Å². The van der Waals surface area contributed by atoms with Gasteiger partial charge in [0.05, 0.1) is 6.07 Å². The van der Waals surface area contributed by atoms with Crippen LogP contribution in [-0.2, 0) is 4.79 Å². The number of nitrogens with zero attached hydrogens (tertiary/aromatic N) is 1. The lowest BCUT2D eigenvalue weighted by atomic mass is 9.77. The predicted molar refractivity (Wildman–Crippen MR) is 77.4 cm³/mol. The molecule has 0 aromatic rings. The predicted octanol–water partition coefficient (Wildman–Crippen LogP) is 3.65. The van der Waals surface area contributed by atoms with Crippen molar-refractivity contribution in [1.29, 1.82) is 5.26 Å². The first-order chi connectivity index (χ1) is 8.68. The van der Waals surface area contributed by atoms with Gasteiger partial charge in [-0.25, -0.2) is 0 Å². The number of nitriles is 1. The molecule has 1 N–H and O–H groups in total. The minimum atomic E-state index is -0.610. The average molecular weight is 264 g/mol. The monoisotopic (exact) mass is 264 g/mol. The van der Waals surface area contributed by atoms with E-state index in [1.165, 1.54) is 0 Å². The zero-order chi connectivity index (χ0) is 14.7. The van der Waals surface area contributed by atoms with Gasteiger partial charge < -0.3 is 5.32 Å². The Kier molecular flexibility index (Phi) is 5.01. The first-order valence-electron chi connectivity index (χ1n) is 7.41. The third-order valence-corrected chi connectivity index (χ3v) is 4.69. The van der Waals surface area contributed by atoms with Crippen LogP contribution in [0.4, 0.5) is 0 Å². The lowest BCUT2D eigenvalue weighted by Gasteiger charge is -2.35. The van der Waals surface area contributed by atoms with Crippen LogP contribution in [-0.4, -0.2) is 11.4 Å². The number of hydrogen-bond acceptors (Lipinski definition) is 2. The van der Waals surface area contributed by atoms with Crippen LogP contribution in [0.2, 0.25) is 0 Å². The lowest BCUT2D eigenvalue weighted by Crippen LogP contribution is -2.50. The number of nitrogens with one attached hydrogen (secondary N) is 1. The molecule has 0 saturated heterocycles. The Morgan fingerprint density at radius 3 is 2.37 bits per heavy atom. The molecule has 0 aliphatic heterocycles. The van der Waals surface area contributed by atoms with Gasteiger partial charge in [-0.05, 0) is 42.9 Å². The van der Waals surface area contributed by atoms with E-state index in [1.807, 2.05) is 0 Å². The van der Waals surface area contributed by atoms with Gasteiger partial charge in [0.2, 0.25) is 5.91 Å². The van der Waals surface area contributed by atoms with Crippen molar-refractivity contribution >= 4 is 5.91 Å². The zero-order valence-electron chi connectivity index (χ0n) is 13.0. The molecule has 0 radical (unpaired) electrons. The van der Waals surface area contributed by atoms with Gasteiger partial charge in [-0.15, -0.1) is 0 Å². The minimum absolute atomic E-state index is 0.0264. The van der Waals surface area contributed by atoms with Gasteiger partial charge in [0.1, 0.15) is 5.54 Å². The maximum Gasteiger partial charge on any atom is 0.221 e. The van der Waals surface area contributed by atoms with Crippen LogP contribution < -0.4 is 5.32 Å². The summed E-state index contributed by atoms with van der Waals surface area (Å²) in [5.41, 5.74) is -0.487. The molecule has 1 saturated carbocycles. The highest BCUT2D eigenvalue weighted by Gasteiger charge is 2.36. The van der Waals surface area contributed by atoms with Gasteiger partial charge in [-0.2, -0.15) is 5.26 Å². The van der Waals surface area contributed by atoms with E-state index >= 15 is 0 Å². The second kappa shape index (κ2) is 5.94. The van der Waals surface area contributed by atoms with Crippen LogP contribution in [0.3, 0.4) is 0 Å². The van der Waals surface area contributed by atoms with E-state index in [0.29, 0.717) is 18.3 Å². The second-order valence-electron chi connectivity index (χ2n) is 7.40. The van der Waals surface area contributed by atoms with E-state index in [-0.39, 0.29) is 11.3 Å². The number of rotatable bonds is 3. The van der Waals surface area contributed by atoms with E-state index in [9.17, 15) is 10.1 Å². The fraction of sp³-hybridized carbons (Fsp3) is 0.875. The van der Waals surface area contributed by atoms with Gasteiger partial charge in [-0.1, -0.05) is 34.6 Å².